The lowest BCUT2D eigenvalue weighted by molar-refractivity contribution is -0.115. The molecule has 2 rings (SSSR count). The third-order valence-electron chi connectivity index (χ3n) is 2.75. The molecule has 0 fully saturated rings. The van der Waals surface area contributed by atoms with Crippen LogP contribution in [0.25, 0.3) is 0 Å². The number of nitrogens with one attached hydrogen (secondary N) is 1. The third-order valence-corrected chi connectivity index (χ3v) is 3.12. The van der Waals surface area contributed by atoms with Crippen LogP contribution in [0.5, 0.6) is 0 Å². The molecule has 1 aromatic heterocycles. The van der Waals surface area contributed by atoms with Gasteiger partial charge in [0.25, 0.3) is 0 Å². The summed E-state index contributed by atoms with van der Waals surface area (Å²) in [6.45, 7) is 1.23. The van der Waals surface area contributed by atoms with Gasteiger partial charge in [-0.2, -0.15) is 5.10 Å². The molecule has 0 radical (unpaired) electrons. The second-order valence-electron chi connectivity index (χ2n) is 4.30. The third kappa shape index (κ3) is 4.08. The number of carbonyl (C=O) groups excluding carboxylic acids is 1. The number of aromatic nitrogens is 2. The summed E-state index contributed by atoms with van der Waals surface area (Å²) in [5.74, 6) is -0.121. The van der Waals surface area contributed by atoms with Gasteiger partial charge >= 0.3 is 0 Å². The lowest BCUT2D eigenvalue weighted by atomic mass is 10.1. The number of nitrogens with zero attached hydrogens (tertiary/aromatic N) is 2. The number of anilines is 1. The van der Waals surface area contributed by atoms with Crippen molar-refractivity contribution in [3.63, 3.8) is 0 Å². The number of carbonyl (C=O) groups is 1. The molecule has 106 valence electrons. The fraction of sp³-hybridized carbons (Fsp3) is 0.286. The summed E-state index contributed by atoms with van der Waals surface area (Å²) in [5.41, 5.74) is 1.47. The summed E-state index contributed by atoms with van der Waals surface area (Å²) in [6.07, 6.45) is 3.62. The van der Waals surface area contributed by atoms with E-state index in [1.165, 1.54) is 0 Å². The van der Waals surface area contributed by atoms with E-state index in [1.54, 1.807) is 30.3 Å². The van der Waals surface area contributed by atoms with Crippen molar-refractivity contribution in [1.29, 1.82) is 0 Å². The number of amides is 1. The maximum absolute atomic E-state index is 11.9. The molecule has 0 spiro atoms. The minimum Gasteiger partial charge on any atom is -0.383 e. The number of hydrogen-bond acceptors (Lipinski definition) is 3. The zero-order chi connectivity index (χ0) is 14.4. The van der Waals surface area contributed by atoms with Crippen molar-refractivity contribution in [2.45, 2.75) is 13.0 Å². The van der Waals surface area contributed by atoms with Crippen LogP contribution in [0.1, 0.15) is 5.56 Å². The molecule has 1 heterocycles. The summed E-state index contributed by atoms with van der Waals surface area (Å²) in [7, 11) is 1.63. The van der Waals surface area contributed by atoms with Crippen molar-refractivity contribution in [3.8, 4) is 0 Å². The number of rotatable bonds is 6. The Morgan fingerprint density at radius 2 is 2.25 bits per heavy atom. The second kappa shape index (κ2) is 7.07. The van der Waals surface area contributed by atoms with Crippen LogP contribution in [-0.2, 0) is 22.5 Å². The number of ether oxygens (including phenoxy) is 1. The van der Waals surface area contributed by atoms with E-state index in [0.717, 1.165) is 5.56 Å². The highest BCUT2D eigenvalue weighted by Gasteiger charge is 2.08. The molecule has 0 aliphatic heterocycles. The lowest BCUT2D eigenvalue weighted by Crippen LogP contribution is -2.14. The summed E-state index contributed by atoms with van der Waals surface area (Å²) >= 11 is 6.02. The normalized spacial score (nSPS) is 10.5. The highest BCUT2D eigenvalue weighted by Crippen LogP contribution is 2.16. The van der Waals surface area contributed by atoms with E-state index in [2.05, 4.69) is 10.4 Å². The molecular weight excluding hydrogens is 278 g/mol. The smallest absolute Gasteiger partial charge is 0.228 e. The van der Waals surface area contributed by atoms with Crippen molar-refractivity contribution in [1.82, 2.24) is 9.78 Å². The predicted molar refractivity (Wildman–Crippen MR) is 77.9 cm³/mol. The van der Waals surface area contributed by atoms with E-state index in [4.69, 9.17) is 16.3 Å². The van der Waals surface area contributed by atoms with E-state index >= 15 is 0 Å². The number of methoxy groups -OCH3 is 1. The second-order valence-corrected chi connectivity index (χ2v) is 4.71. The van der Waals surface area contributed by atoms with E-state index in [0.29, 0.717) is 23.9 Å². The van der Waals surface area contributed by atoms with Gasteiger partial charge in [-0.25, -0.2) is 0 Å². The Balaban J connectivity index is 1.91. The average molecular weight is 294 g/mol. The van der Waals surface area contributed by atoms with Crippen molar-refractivity contribution in [2.24, 2.45) is 0 Å². The molecule has 0 atom stereocenters. The zero-order valence-electron chi connectivity index (χ0n) is 11.2. The molecule has 6 heteroatoms. The first-order valence-electron chi connectivity index (χ1n) is 6.23. The highest BCUT2D eigenvalue weighted by atomic mass is 35.5. The predicted octanol–water partition coefficient (Wildman–Crippen LogP) is 2.36. The average Bonchev–Trinajstić information content (AvgIpc) is 2.86. The molecule has 5 nitrogen and oxygen atoms in total. The van der Waals surface area contributed by atoms with Crippen LogP contribution in [0.4, 0.5) is 5.69 Å². The summed E-state index contributed by atoms with van der Waals surface area (Å²) < 4.78 is 6.68. The van der Waals surface area contributed by atoms with Gasteiger partial charge in [-0.3, -0.25) is 9.48 Å². The van der Waals surface area contributed by atoms with Crippen molar-refractivity contribution in [2.75, 3.05) is 19.0 Å². The van der Waals surface area contributed by atoms with Gasteiger partial charge in [-0.05, 0) is 11.6 Å². The van der Waals surface area contributed by atoms with Crippen LogP contribution < -0.4 is 5.32 Å². The van der Waals surface area contributed by atoms with E-state index in [1.807, 2.05) is 18.2 Å². The lowest BCUT2D eigenvalue weighted by Gasteiger charge is -2.04. The Kier molecular flexibility index (Phi) is 5.15. The monoisotopic (exact) mass is 293 g/mol. The summed E-state index contributed by atoms with van der Waals surface area (Å²) in [5, 5.41) is 7.52. The van der Waals surface area contributed by atoms with E-state index in [-0.39, 0.29) is 12.3 Å². The first kappa shape index (κ1) is 14.6. The number of hydrogen-bond donors (Lipinski definition) is 1. The largest absolute Gasteiger partial charge is 0.383 e. The molecule has 0 aliphatic carbocycles. The molecule has 20 heavy (non-hydrogen) atoms. The van der Waals surface area contributed by atoms with Crippen LogP contribution in [0, 0.1) is 0 Å². The Morgan fingerprint density at radius 3 is 3.00 bits per heavy atom. The Labute approximate surface area is 122 Å². The SMILES string of the molecule is COCCn1cc(NC(=O)Cc2ccccc2Cl)cn1. The molecule has 1 N–H and O–H groups in total. The zero-order valence-corrected chi connectivity index (χ0v) is 11.9. The molecule has 0 bridgehead atoms. The van der Waals surface area contributed by atoms with E-state index in [9.17, 15) is 4.79 Å². The van der Waals surface area contributed by atoms with Gasteiger partial charge in [-0.1, -0.05) is 29.8 Å². The topological polar surface area (TPSA) is 56.1 Å². The Bertz CT molecular complexity index is 583. The minimum atomic E-state index is -0.121. The van der Waals surface area contributed by atoms with Gasteiger partial charge in [0, 0.05) is 18.3 Å². The Hall–Kier alpha value is -1.85. The van der Waals surface area contributed by atoms with Gasteiger partial charge in [0.05, 0.1) is 31.5 Å². The highest BCUT2D eigenvalue weighted by molar-refractivity contribution is 6.31. The molecule has 1 aromatic carbocycles. The van der Waals surface area contributed by atoms with Crippen molar-refractivity contribution >= 4 is 23.2 Å². The molecule has 0 aliphatic rings. The number of halogens is 1. The molecule has 1 amide bonds. The van der Waals surface area contributed by atoms with Crippen LogP contribution in [0.3, 0.4) is 0 Å². The summed E-state index contributed by atoms with van der Waals surface area (Å²) in [6, 6.07) is 7.30. The number of benzene rings is 1. The first-order valence-corrected chi connectivity index (χ1v) is 6.61. The van der Waals surface area contributed by atoms with Gasteiger partial charge in [-0.15, -0.1) is 0 Å². The first-order chi connectivity index (χ1) is 9.69. The van der Waals surface area contributed by atoms with Crippen LogP contribution >= 0.6 is 11.6 Å². The fourth-order valence-electron chi connectivity index (χ4n) is 1.76. The molecule has 2 aromatic rings. The van der Waals surface area contributed by atoms with Crippen molar-refractivity contribution in [3.05, 3.63) is 47.2 Å². The van der Waals surface area contributed by atoms with Gasteiger partial charge in [0.1, 0.15) is 0 Å². The van der Waals surface area contributed by atoms with Gasteiger partial charge in [0.2, 0.25) is 5.91 Å². The van der Waals surface area contributed by atoms with Crippen molar-refractivity contribution < 1.29 is 9.53 Å². The van der Waals surface area contributed by atoms with Gasteiger partial charge < -0.3 is 10.1 Å². The maximum Gasteiger partial charge on any atom is 0.228 e. The van der Waals surface area contributed by atoms with E-state index < -0.39 is 0 Å². The summed E-state index contributed by atoms with van der Waals surface area (Å²) in [4.78, 5) is 11.9. The van der Waals surface area contributed by atoms with Gasteiger partial charge in [0.15, 0.2) is 0 Å². The molecule has 0 saturated heterocycles. The molecule has 0 unspecified atom stereocenters. The standard InChI is InChI=1S/C14H16ClN3O2/c1-20-7-6-18-10-12(9-16-18)17-14(19)8-11-4-2-3-5-13(11)15/h2-5,9-10H,6-8H2,1H3,(H,17,19). The van der Waals surface area contributed by atoms with Crippen LogP contribution in [-0.4, -0.2) is 29.4 Å². The maximum atomic E-state index is 11.9. The van der Waals surface area contributed by atoms with Crippen LogP contribution in [0.2, 0.25) is 5.02 Å². The molecule has 0 saturated carbocycles. The fourth-order valence-corrected chi connectivity index (χ4v) is 1.96. The van der Waals surface area contributed by atoms with Crippen LogP contribution in [0.15, 0.2) is 36.7 Å². The minimum absolute atomic E-state index is 0.121. The Morgan fingerprint density at radius 1 is 1.45 bits per heavy atom. The molecular formula is C14H16ClN3O2. The quantitative estimate of drug-likeness (QED) is 0.889.